The van der Waals surface area contributed by atoms with Crippen molar-refractivity contribution in [2.45, 2.75) is 19.1 Å². The number of hydrogen-bond acceptors (Lipinski definition) is 5. The van der Waals surface area contributed by atoms with Crippen LogP contribution in [0.4, 0.5) is 14.9 Å². The maximum Gasteiger partial charge on any atom is 0.412 e. The number of ether oxygens (including phenoxy) is 2. The number of phenolic OH excluding ortho intramolecular Hbond substituents is 1. The van der Waals surface area contributed by atoms with Gasteiger partial charge < -0.3 is 19.7 Å². The van der Waals surface area contributed by atoms with Gasteiger partial charge in [-0.1, -0.05) is 24.3 Å². The summed E-state index contributed by atoms with van der Waals surface area (Å²) in [6, 6.07) is 12.0. The first-order valence-corrected chi connectivity index (χ1v) is 8.44. The first-order valence-electron chi connectivity index (χ1n) is 8.44. The molecule has 0 aliphatic rings. The summed E-state index contributed by atoms with van der Waals surface area (Å²) in [6.07, 6.45) is -0.932. The molecular formula is C20H20FNO6. The maximum absolute atomic E-state index is 13.8. The summed E-state index contributed by atoms with van der Waals surface area (Å²) in [5, 5.41) is 20.8. The number of nitrogens with one attached hydrogen (secondary N) is 1. The first-order chi connectivity index (χ1) is 13.4. The van der Waals surface area contributed by atoms with Gasteiger partial charge in [-0.15, -0.1) is 0 Å². The molecule has 0 fully saturated rings. The molecule has 0 radical (unpaired) electrons. The zero-order chi connectivity index (χ0) is 20.5. The number of anilines is 1. The molecule has 148 valence electrons. The molecule has 8 heteroatoms. The third kappa shape index (κ3) is 6.10. The zero-order valence-corrected chi connectivity index (χ0v) is 15.0. The van der Waals surface area contributed by atoms with E-state index in [1.807, 2.05) is 0 Å². The van der Waals surface area contributed by atoms with Crippen LogP contribution < -0.4 is 5.32 Å². The minimum atomic E-state index is -1.21. The lowest BCUT2D eigenvalue weighted by atomic mass is 10.0. The smallest absolute Gasteiger partial charge is 0.412 e. The fourth-order valence-corrected chi connectivity index (χ4v) is 2.42. The van der Waals surface area contributed by atoms with Gasteiger partial charge in [0.05, 0.1) is 0 Å². The van der Waals surface area contributed by atoms with Gasteiger partial charge in [-0.25, -0.2) is 14.0 Å². The van der Waals surface area contributed by atoms with Crippen LogP contribution in [0.1, 0.15) is 18.6 Å². The number of phenols is 1. The number of halogens is 1. The average Bonchev–Trinajstić information content (AvgIpc) is 2.66. The molecule has 3 N–H and O–H groups in total. The monoisotopic (exact) mass is 389 g/mol. The van der Waals surface area contributed by atoms with Crippen LogP contribution in [0.25, 0.3) is 0 Å². The van der Waals surface area contributed by atoms with Crippen LogP contribution in [-0.2, 0) is 14.3 Å². The van der Waals surface area contributed by atoms with E-state index in [0.717, 1.165) is 18.2 Å². The molecule has 28 heavy (non-hydrogen) atoms. The lowest BCUT2D eigenvalue weighted by molar-refractivity contribution is -0.131. The van der Waals surface area contributed by atoms with E-state index in [-0.39, 0.29) is 12.2 Å². The van der Waals surface area contributed by atoms with Crippen LogP contribution in [0.15, 0.2) is 60.7 Å². The summed E-state index contributed by atoms with van der Waals surface area (Å²) >= 11 is 0. The Morgan fingerprint density at radius 3 is 2.54 bits per heavy atom. The highest BCUT2D eigenvalue weighted by Gasteiger charge is 2.27. The number of carbonyl (C=O) groups excluding carboxylic acids is 1. The molecular weight excluding hydrogens is 369 g/mol. The Morgan fingerprint density at radius 2 is 1.93 bits per heavy atom. The highest BCUT2D eigenvalue weighted by Crippen LogP contribution is 2.29. The van der Waals surface area contributed by atoms with Gasteiger partial charge in [0.15, 0.2) is 17.7 Å². The third-order valence-electron chi connectivity index (χ3n) is 3.64. The summed E-state index contributed by atoms with van der Waals surface area (Å²) in [5.74, 6) is -2.69. The molecule has 0 saturated carbocycles. The standard InChI is InChI=1S/C20H20FNO6/c1-2-27-17(10-11-18(24)25)19(13-8-9-16(23)15(21)12-13)28-20(26)22-14-6-4-3-5-7-14/h3-12,17,19,23H,2H2,1H3,(H,22,26)(H,24,25)/b11-10+/t17-,19-/m1/s1. The van der Waals surface area contributed by atoms with Crippen LogP contribution in [-0.4, -0.2) is 35.0 Å². The highest BCUT2D eigenvalue weighted by atomic mass is 19.1. The molecule has 0 aliphatic heterocycles. The number of carboxylic acid groups (broad SMARTS) is 1. The van der Waals surface area contributed by atoms with Crippen molar-refractivity contribution in [3.63, 3.8) is 0 Å². The topological polar surface area (TPSA) is 105 Å². The number of carbonyl (C=O) groups is 2. The van der Waals surface area contributed by atoms with Crippen molar-refractivity contribution in [1.82, 2.24) is 0 Å². The van der Waals surface area contributed by atoms with Crippen LogP contribution in [0.3, 0.4) is 0 Å². The number of hydrogen-bond donors (Lipinski definition) is 3. The van der Waals surface area contributed by atoms with Gasteiger partial charge >= 0.3 is 12.1 Å². The van der Waals surface area contributed by atoms with E-state index in [0.29, 0.717) is 5.69 Å². The van der Waals surface area contributed by atoms with Crippen LogP contribution in [0, 0.1) is 5.82 Å². The number of para-hydroxylation sites is 1. The lowest BCUT2D eigenvalue weighted by Gasteiger charge is -2.25. The minimum Gasteiger partial charge on any atom is -0.505 e. The summed E-state index contributed by atoms with van der Waals surface area (Å²) in [4.78, 5) is 23.2. The van der Waals surface area contributed by atoms with Gasteiger partial charge in [-0.05, 0) is 42.8 Å². The molecule has 0 aromatic heterocycles. The summed E-state index contributed by atoms with van der Waals surface area (Å²) in [6.45, 7) is 1.87. The number of aromatic hydroxyl groups is 1. The number of amides is 1. The highest BCUT2D eigenvalue weighted by molar-refractivity contribution is 5.84. The Bertz CT molecular complexity index is 840. The van der Waals surface area contributed by atoms with Crippen molar-refractivity contribution in [1.29, 1.82) is 0 Å². The van der Waals surface area contributed by atoms with Crippen LogP contribution in [0.5, 0.6) is 5.75 Å². The molecule has 2 aromatic carbocycles. The number of rotatable bonds is 8. The molecule has 2 rings (SSSR count). The van der Waals surface area contributed by atoms with E-state index in [1.165, 1.54) is 12.1 Å². The number of benzene rings is 2. The molecule has 0 unspecified atom stereocenters. The molecule has 0 bridgehead atoms. The van der Waals surface area contributed by atoms with Crippen molar-refractivity contribution in [3.8, 4) is 5.75 Å². The largest absolute Gasteiger partial charge is 0.505 e. The number of aliphatic carboxylic acids is 1. The second-order valence-corrected chi connectivity index (χ2v) is 5.65. The van der Waals surface area contributed by atoms with Gasteiger partial charge in [-0.3, -0.25) is 5.32 Å². The second-order valence-electron chi connectivity index (χ2n) is 5.65. The van der Waals surface area contributed by atoms with Crippen LogP contribution in [0.2, 0.25) is 0 Å². The van der Waals surface area contributed by atoms with E-state index in [4.69, 9.17) is 14.6 Å². The molecule has 2 atom stereocenters. The Morgan fingerprint density at radius 1 is 1.21 bits per heavy atom. The van der Waals surface area contributed by atoms with E-state index in [9.17, 15) is 19.1 Å². The lowest BCUT2D eigenvalue weighted by Crippen LogP contribution is -2.28. The van der Waals surface area contributed by atoms with Gasteiger partial charge in [0.1, 0.15) is 6.10 Å². The normalized spacial score (nSPS) is 13.1. The quantitative estimate of drug-likeness (QED) is 0.592. The van der Waals surface area contributed by atoms with Gasteiger partial charge in [0.2, 0.25) is 0 Å². The van der Waals surface area contributed by atoms with Crippen molar-refractivity contribution in [2.75, 3.05) is 11.9 Å². The molecule has 1 amide bonds. The van der Waals surface area contributed by atoms with E-state index >= 15 is 0 Å². The van der Waals surface area contributed by atoms with E-state index in [1.54, 1.807) is 37.3 Å². The van der Waals surface area contributed by atoms with Gasteiger partial charge in [0, 0.05) is 18.4 Å². The fraction of sp³-hybridized carbons (Fsp3) is 0.200. The van der Waals surface area contributed by atoms with E-state index < -0.39 is 35.8 Å². The number of carboxylic acids is 1. The Labute approximate surface area is 161 Å². The van der Waals surface area contributed by atoms with Crippen LogP contribution >= 0.6 is 0 Å². The van der Waals surface area contributed by atoms with Crippen molar-refractivity contribution in [2.24, 2.45) is 0 Å². The van der Waals surface area contributed by atoms with Crippen molar-refractivity contribution in [3.05, 3.63) is 72.1 Å². The SMILES string of the molecule is CCO[C@H](/C=C/C(=O)O)[C@H](OC(=O)Nc1ccccc1)c1ccc(O)c(F)c1. The Kier molecular flexibility index (Phi) is 7.53. The second kappa shape index (κ2) is 10.1. The molecule has 0 saturated heterocycles. The molecule has 0 spiro atoms. The molecule has 7 nitrogen and oxygen atoms in total. The zero-order valence-electron chi connectivity index (χ0n) is 15.0. The molecule has 0 aliphatic carbocycles. The molecule has 2 aromatic rings. The Balaban J connectivity index is 2.31. The third-order valence-corrected chi connectivity index (χ3v) is 3.64. The fourth-order valence-electron chi connectivity index (χ4n) is 2.42. The van der Waals surface area contributed by atoms with Crippen molar-refractivity contribution >= 4 is 17.7 Å². The molecule has 0 heterocycles. The summed E-state index contributed by atoms with van der Waals surface area (Å²) in [5.41, 5.74) is 0.671. The summed E-state index contributed by atoms with van der Waals surface area (Å²) in [7, 11) is 0. The van der Waals surface area contributed by atoms with Gasteiger partial charge in [0.25, 0.3) is 0 Å². The minimum absolute atomic E-state index is 0.187. The maximum atomic E-state index is 13.8. The predicted molar refractivity (Wildman–Crippen MR) is 99.5 cm³/mol. The van der Waals surface area contributed by atoms with Crippen molar-refractivity contribution < 1.29 is 33.7 Å². The van der Waals surface area contributed by atoms with E-state index in [2.05, 4.69) is 5.32 Å². The Hall–Kier alpha value is -3.39. The first kappa shape index (κ1) is 20.9. The summed E-state index contributed by atoms with van der Waals surface area (Å²) < 4.78 is 24.7. The average molecular weight is 389 g/mol. The van der Waals surface area contributed by atoms with Gasteiger partial charge in [-0.2, -0.15) is 0 Å². The predicted octanol–water partition coefficient (Wildman–Crippen LogP) is 3.87.